The van der Waals surface area contributed by atoms with Crippen LogP contribution in [0, 0.1) is 5.41 Å². The van der Waals surface area contributed by atoms with E-state index in [1.54, 1.807) is 0 Å². The van der Waals surface area contributed by atoms with E-state index >= 15 is 0 Å². The van der Waals surface area contributed by atoms with E-state index in [-0.39, 0.29) is 17.0 Å². The lowest BCUT2D eigenvalue weighted by atomic mass is 10.0. The van der Waals surface area contributed by atoms with Crippen LogP contribution in [0.1, 0.15) is 19.3 Å². The van der Waals surface area contributed by atoms with Gasteiger partial charge in [-0.25, -0.2) is 8.42 Å². The quantitative estimate of drug-likeness (QED) is 0.289. The minimum absolute atomic E-state index is 0.0859. The van der Waals surface area contributed by atoms with Crippen molar-refractivity contribution in [1.82, 2.24) is 4.90 Å². The summed E-state index contributed by atoms with van der Waals surface area (Å²) in [7, 11) is -1.01. The highest BCUT2D eigenvalue weighted by Crippen LogP contribution is 2.49. The monoisotopic (exact) mass is 263 g/mol. The van der Waals surface area contributed by atoms with Gasteiger partial charge in [-0.3, -0.25) is 0 Å². The standard InChI is InChI=1S/C10H21N3O3S/c1-13(5-6-17(2,15)16)8-10(3-4-10)7-9(11)12-14/h14H,3-8H2,1-2H3,(H2,11,12). The summed E-state index contributed by atoms with van der Waals surface area (Å²) in [6, 6.07) is 0. The lowest BCUT2D eigenvalue weighted by Gasteiger charge is -2.22. The molecule has 1 aliphatic carbocycles. The summed E-state index contributed by atoms with van der Waals surface area (Å²) in [5, 5.41) is 11.5. The van der Waals surface area contributed by atoms with E-state index in [2.05, 4.69) is 5.16 Å². The van der Waals surface area contributed by atoms with Crippen molar-refractivity contribution in [2.75, 3.05) is 32.1 Å². The summed E-state index contributed by atoms with van der Waals surface area (Å²) in [6.45, 7) is 1.31. The van der Waals surface area contributed by atoms with E-state index in [1.165, 1.54) is 6.26 Å². The highest BCUT2D eigenvalue weighted by atomic mass is 32.2. The van der Waals surface area contributed by atoms with Crippen molar-refractivity contribution in [3.05, 3.63) is 0 Å². The number of rotatable bonds is 7. The zero-order valence-corrected chi connectivity index (χ0v) is 11.2. The van der Waals surface area contributed by atoms with Crippen LogP contribution in [0.25, 0.3) is 0 Å². The maximum absolute atomic E-state index is 11.0. The van der Waals surface area contributed by atoms with Crippen LogP contribution in [-0.2, 0) is 9.84 Å². The van der Waals surface area contributed by atoms with Crippen LogP contribution in [0.4, 0.5) is 0 Å². The predicted octanol–water partition coefficient (Wildman–Crippen LogP) is -0.120. The number of hydrogen-bond donors (Lipinski definition) is 2. The van der Waals surface area contributed by atoms with E-state index in [0.717, 1.165) is 19.4 Å². The summed E-state index contributed by atoms with van der Waals surface area (Å²) < 4.78 is 22.1. The predicted molar refractivity (Wildman–Crippen MR) is 66.9 cm³/mol. The fraction of sp³-hybridized carbons (Fsp3) is 0.900. The molecule has 100 valence electrons. The first kappa shape index (κ1) is 14.2. The normalized spacial score (nSPS) is 19.6. The van der Waals surface area contributed by atoms with Crippen LogP contribution in [-0.4, -0.2) is 56.5 Å². The molecule has 1 aliphatic rings. The molecule has 0 aliphatic heterocycles. The van der Waals surface area contributed by atoms with E-state index < -0.39 is 9.84 Å². The van der Waals surface area contributed by atoms with E-state index in [0.29, 0.717) is 13.0 Å². The van der Waals surface area contributed by atoms with Gasteiger partial charge in [0.15, 0.2) is 0 Å². The molecule has 0 radical (unpaired) electrons. The molecule has 3 N–H and O–H groups in total. The van der Waals surface area contributed by atoms with E-state index in [1.807, 2.05) is 11.9 Å². The SMILES string of the molecule is CN(CCS(C)(=O)=O)CC1(CC(N)=NO)CC1. The highest BCUT2D eigenvalue weighted by Gasteiger charge is 2.43. The number of nitrogens with zero attached hydrogens (tertiary/aromatic N) is 2. The van der Waals surface area contributed by atoms with Crippen molar-refractivity contribution in [2.45, 2.75) is 19.3 Å². The van der Waals surface area contributed by atoms with Crippen LogP contribution in [0.3, 0.4) is 0 Å². The van der Waals surface area contributed by atoms with Crippen molar-refractivity contribution >= 4 is 15.7 Å². The Morgan fingerprint density at radius 3 is 2.53 bits per heavy atom. The maximum Gasteiger partial charge on any atom is 0.148 e. The minimum atomic E-state index is -2.91. The average molecular weight is 263 g/mol. The van der Waals surface area contributed by atoms with Gasteiger partial charge in [-0.2, -0.15) is 0 Å². The molecule has 0 unspecified atom stereocenters. The number of nitrogens with two attached hydrogens (primary N) is 1. The molecule has 17 heavy (non-hydrogen) atoms. The molecule has 7 heteroatoms. The van der Waals surface area contributed by atoms with E-state index in [4.69, 9.17) is 10.9 Å². The fourth-order valence-corrected chi connectivity index (χ4v) is 2.60. The number of oxime groups is 1. The van der Waals surface area contributed by atoms with Crippen LogP contribution < -0.4 is 5.73 Å². The van der Waals surface area contributed by atoms with Gasteiger partial charge in [0, 0.05) is 25.8 Å². The first-order valence-corrected chi connectivity index (χ1v) is 7.65. The second kappa shape index (κ2) is 5.22. The number of hydrogen-bond acceptors (Lipinski definition) is 5. The Bertz CT molecular complexity index is 388. The molecule has 0 bridgehead atoms. The molecular weight excluding hydrogens is 242 g/mol. The second-order valence-corrected chi connectivity index (χ2v) is 7.40. The third-order valence-corrected chi connectivity index (χ3v) is 4.01. The molecule has 0 saturated heterocycles. The smallest absolute Gasteiger partial charge is 0.148 e. The Balaban J connectivity index is 2.38. The molecule has 0 heterocycles. The summed E-state index contributed by atoms with van der Waals surface area (Å²) in [5.74, 6) is 0.419. The molecule has 0 aromatic heterocycles. The van der Waals surface area contributed by atoms with Crippen LogP contribution in [0.2, 0.25) is 0 Å². The van der Waals surface area contributed by atoms with Gasteiger partial charge in [-0.1, -0.05) is 5.16 Å². The largest absolute Gasteiger partial charge is 0.409 e. The molecule has 0 amide bonds. The Labute approximate surface area is 102 Å². The van der Waals surface area contributed by atoms with Crippen molar-refractivity contribution in [2.24, 2.45) is 16.3 Å². The average Bonchev–Trinajstić information content (AvgIpc) is 2.93. The number of sulfone groups is 1. The molecule has 0 aromatic carbocycles. The Kier molecular flexibility index (Phi) is 4.37. The lowest BCUT2D eigenvalue weighted by molar-refractivity contribution is 0.274. The second-order valence-electron chi connectivity index (χ2n) is 5.14. The molecule has 6 nitrogen and oxygen atoms in total. The van der Waals surface area contributed by atoms with Crippen LogP contribution >= 0.6 is 0 Å². The van der Waals surface area contributed by atoms with Gasteiger partial charge in [-0.15, -0.1) is 0 Å². The van der Waals surface area contributed by atoms with Crippen molar-refractivity contribution < 1.29 is 13.6 Å². The molecule has 0 spiro atoms. The molecule has 1 rings (SSSR count). The topological polar surface area (TPSA) is 96.0 Å². The molecule has 0 atom stereocenters. The van der Waals surface area contributed by atoms with Gasteiger partial charge < -0.3 is 15.8 Å². The van der Waals surface area contributed by atoms with Crippen molar-refractivity contribution in [1.29, 1.82) is 0 Å². The molecule has 1 fully saturated rings. The zero-order valence-electron chi connectivity index (χ0n) is 10.4. The molecular formula is C10H21N3O3S. The minimum Gasteiger partial charge on any atom is -0.409 e. The van der Waals surface area contributed by atoms with Gasteiger partial charge in [-0.05, 0) is 25.3 Å². The molecule has 1 saturated carbocycles. The first-order chi connectivity index (χ1) is 7.76. The summed E-state index contributed by atoms with van der Waals surface area (Å²) >= 11 is 0. The maximum atomic E-state index is 11.0. The first-order valence-electron chi connectivity index (χ1n) is 5.59. The molecule has 0 aromatic rings. The fourth-order valence-electron chi connectivity index (χ4n) is 1.96. The Morgan fingerprint density at radius 2 is 2.12 bits per heavy atom. The Hall–Kier alpha value is -0.820. The van der Waals surface area contributed by atoms with Gasteiger partial charge in [0.1, 0.15) is 15.7 Å². The van der Waals surface area contributed by atoms with Gasteiger partial charge >= 0.3 is 0 Å². The lowest BCUT2D eigenvalue weighted by Crippen LogP contribution is -2.33. The van der Waals surface area contributed by atoms with Gasteiger partial charge in [0.2, 0.25) is 0 Å². The zero-order chi connectivity index (χ0) is 13.1. The van der Waals surface area contributed by atoms with Gasteiger partial charge in [0.05, 0.1) is 5.75 Å². The summed E-state index contributed by atoms with van der Waals surface area (Å²) in [6.07, 6.45) is 3.91. The summed E-state index contributed by atoms with van der Waals surface area (Å²) in [4.78, 5) is 2.00. The van der Waals surface area contributed by atoms with Crippen molar-refractivity contribution in [3.63, 3.8) is 0 Å². The third-order valence-electron chi connectivity index (χ3n) is 3.09. The third kappa shape index (κ3) is 5.36. The highest BCUT2D eigenvalue weighted by molar-refractivity contribution is 7.90. The van der Waals surface area contributed by atoms with E-state index in [9.17, 15) is 8.42 Å². The number of amidine groups is 1. The Morgan fingerprint density at radius 1 is 1.53 bits per heavy atom. The van der Waals surface area contributed by atoms with Crippen LogP contribution in [0.15, 0.2) is 5.16 Å². The van der Waals surface area contributed by atoms with Crippen LogP contribution in [0.5, 0.6) is 0 Å². The summed E-state index contributed by atoms with van der Waals surface area (Å²) in [5.41, 5.74) is 5.59. The van der Waals surface area contributed by atoms with Crippen molar-refractivity contribution in [3.8, 4) is 0 Å². The van der Waals surface area contributed by atoms with Gasteiger partial charge in [0.25, 0.3) is 0 Å².